The molecule has 0 aliphatic carbocycles. The molecule has 0 fully saturated rings. The van der Waals surface area contributed by atoms with Gasteiger partial charge in [-0.05, 0) is 56.7 Å². The number of amides is 1. The van der Waals surface area contributed by atoms with Crippen molar-refractivity contribution in [2.45, 2.75) is 65.5 Å². The zero-order chi connectivity index (χ0) is 20.6. The summed E-state index contributed by atoms with van der Waals surface area (Å²) in [5.41, 5.74) is 1.90. The van der Waals surface area contributed by atoms with E-state index in [1.807, 2.05) is 40.7 Å². The molecule has 0 saturated heterocycles. The lowest BCUT2D eigenvalue weighted by molar-refractivity contribution is -0.121. The highest BCUT2D eigenvalue weighted by atomic mass is 16.5. The second-order valence-electron chi connectivity index (χ2n) is 8.59. The third-order valence-electron chi connectivity index (χ3n) is 5.54. The predicted octanol–water partition coefficient (Wildman–Crippen LogP) is 2.88. The highest BCUT2D eigenvalue weighted by Crippen LogP contribution is 2.36. The maximum Gasteiger partial charge on any atom is 0.340 e. The number of hydrogen-bond acceptors (Lipinski definition) is 5. The topological polar surface area (TPSA) is 88.8 Å². The minimum absolute atomic E-state index is 0.0755. The molecular formula is C22H29NO5. The molecule has 0 saturated carbocycles. The summed E-state index contributed by atoms with van der Waals surface area (Å²) in [5.74, 6) is 0.545. The highest BCUT2D eigenvalue weighted by Gasteiger charge is 2.28. The Kier molecular flexibility index (Phi) is 5.53. The van der Waals surface area contributed by atoms with Gasteiger partial charge in [0.1, 0.15) is 16.9 Å². The number of fused-ring (bicyclic) bond motifs is 2. The fourth-order valence-corrected chi connectivity index (χ4v) is 3.58. The van der Waals surface area contributed by atoms with Crippen LogP contribution in [0.5, 0.6) is 5.75 Å². The van der Waals surface area contributed by atoms with Crippen molar-refractivity contribution in [2.24, 2.45) is 5.92 Å². The van der Waals surface area contributed by atoms with Crippen LogP contribution in [0.25, 0.3) is 11.0 Å². The number of aryl methyl sites for hydroxylation is 2. The standard InChI is InChI=1S/C22H29NO5/c1-12(2)17(11-24)23-20(25)9-16-13(3)15-8-14-6-7-22(4,5)28-18(14)10-19(15)27-21(16)26/h8,10,12,17,24H,6-7,9,11H2,1-5H3,(H,23,25)/t17-/m1/s1. The summed E-state index contributed by atoms with van der Waals surface area (Å²) in [4.78, 5) is 24.9. The Morgan fingerprint density at radius 1 is 1.32 bits per heavy atom. The molecule has 28 heavy (non-hydrogen) atoms. The number of aliphatic hydroxyl groups excluding tert-OH is 1. The third kappa shape index (κ3) is 4.07. The fraction of sp³-hybridized carbons (Fsp3) is 0.545. The first kappa shape index (κ1) is 20.4. The van der Waals surface area contributed by atoms with Gasteiger partial charge in [0, 0.05) is 11.5 Å². The maximum absolute atomic E-state index is 12.5. The van der Waals surface area contributed by atoms with Crippen molar-refractivity contribution in [1.82, 2.24) is 5.32 Å². The van der Waals surface area contributed by atoms with Crippen LogP contribution in [0, 0.1) is 12.8 Å². The number of benzene rings is 1. The monoisotopic (exact) mass is 387 g/mol. The summed E-state index contributed by atoms with van der Waals surface area (Å²) >= 11 is 0. The average molecular weight is 387 g/mol. The van der Waals surface area contributed by atoms with E-state index in [-0.39, 0.29) is 36.5 Å². The van der Waals surface area contributed by atoms with Crippen LogP contribution in [0.2, 0.25) is 0 Å². The molecule has 2 N–H and O–H groups in total. The lowest BCUT2D eigenvalue weighted by atomic mass is 9.92. The first-order chi connectivity index (χ1) is 13.1. The van der Waals surface area contributed by atoms with E-state index in [0.29, 0.717) is 11.1 Å². The van der Waals surface area contributed by atoms with E-state index in [1.165, 1.54) is 0 Å². The van der Waals surface area contributed by atoms with Crippen LogP contribution in [0.15, 0.2) is 21.3 Å². The molecule has 1 aliphatic rings. The minimum atomic E-state index is -0.514. The number of rotatable bonds is 5. The van der Waals surface area contributed by atoms with Crippen molar-refractivity contribution in [3.63, 3.8) is 0 Å². The van der Waals surface area contributed by atoms with Crippen LogP contribution in [0.3, 0.4) is 0 Å². The lowest BCUT2D eigenvalue weighted by Crippen LogP contribution is -2.42. The Morgan fingerprint density at radius 2 is 2.04 bits per heavy atom. The molecule has 2 heterocycles. The molecule has 1 aromatic heterocycles. The van der Waals surface area contributed by atoms with E-state index in [0.717, 1.165) is 35.1 Å². The van der Waals surface area contributed by atoms with Gasteiger partial charge in [0.05, 0.1) is 24.6 Å². The molecule has 0 unspecified atom stereocenters. The SMILES string of the molecule is Cc1c(CC(=O)N[C@H](CO)C(C)C)c(=O)oc2cc3c(cc12)CCC(C)(C)O3. The smallest absolute Gasteiger partial charge is 0.340 e. The van der Waals surface area contributed by atoms with Gasteiger partial charge in [-0.3, -0.25) is 4.79 Å². The largest absolute Gasteiger partial charge is 0.487 e. The summed E-state index contributed by atoms with van der Waals surface area (Å²) in [6, 6.07) is 3.45. The van der Waals surface area contributed by atoms with Gasteiger partial charge >= 0.3 is 5.63 Å². The van der Waals surface area contributed by atoms with Crippen LogP contribution in [-0.2, 0) is 17.6 Å². The molecular weight excluding hydrogens is 358 g/mol. The Morgan fingerprint density at radius 3 is 2.68 bits per heavy atom. The second kappa shape index (κ2) is 7.59. The van der Waals surface area contributed by atoms with Crippen molar-refractivity contribution < 1.29 is 19.1 Å². The second-order valence-corrected chi connectivity index (χ2v) is 8.59. The molecule has 0 bridgehead atoms. The van der Waals surface area contributed by atoms with Gasteiger partial charge in [-0.1, -0.05) is 13.8 Å². The molecule has 152 valence electrons. The summed E-state index contributed by atoms with van der Waals surface area (Å²) < 4.78 is 11.6. The average Bonchev–Trinajstić information content (AvgIpc) is 2.61. The molecule has 0 radical (unpaired) electrons. The van der Waals surface area contributed by atoms with Gasteiger partial charge in [0.15, 0.2) is 0 Å². The van der Waals surface area contributed by atoms with Crippen molar-refractivity contribution in [2.75, 3.05) is 6.61 Å². The van der Waals surface area contributed by atoms with Crippen LogP contribution < -0.4 is 15.7 Å². The maximum atomic E-state index is 12.5. The Bertz CT molecular complexity index is 958. The number of aliphatic hydroxyl groups is 1. The molecule has 1 aliphatic heterocycles. The van der Waals surface area contributed by atoms with Crippen molar-refractivity contribution in [1.29, 1.82) is 0 Å². The highest BCUT2D eigenvalue weighted by molar-refractivity contribution is 5.86. The van der Waals surface area contributed by atoms with E-state index < -0.39 is 5.63 Å². The minimum Gasteiger partial charge on any atom is -0.487 e. The quantitative estimate of drug-likeness (QED) is 0.770. The summed E-state index contributed by atoms with van der Waals surface area (Å²) in [7, 11) is 0. The van der Waals surface area contributed by atoms with Crippen LogP contribution >= 0.6 is 0 Å². The zero-order valence-corrected chi connectivity index (χ0v) is 17.2. The van der Waals surface area contributed by atoms with Gasteiger partial charge in [-0.15, -0.1) is 0 Å². The molecule has 3 rings (SSSR count). The number of carbonyl (C=O) groups excluding carboxylic acids is 1. The summed E-state index contributed by atoms with van der Waals surface area (Å²) in [6.07, 6.45) is 1.72. The van der Waals surface area contributed by atoms with Gasteiger partial charge in [0.2, 0.25) is 5.91 Å². The number of hydrogen-bond donors (Lipinski definition) is 2. The lowest BCUT2D eigenvalue weighted by Gasteiger charge is -2.32. The van der Waals surface area contributed by atoms with Crippen molar-refractivity contribution in [3.8, 4) is 5.75 Å². The normalized spacial score (nSPS) is 16.5. The molecule has 6 heteroatoms. The van der Waals surface area contributed by atoms with E-state index in [9.17, 15) is 14.7 Å². The molecule has 1 amide bonds. The van der Waals surface area contributed by atoms with E-state index >= 15 is 0 Å². The number of ether oxygens (including phenoxy) is 1. The summed E-state index contributed by atoms with van der Waals surface area (Å²) in [5, 5.41) is 13.0. The molecule has 2 aromatic rings. The zero-order valence-electron chi connectivity index (χ0n) is 17.2. The van der Waals surface area contributed by atoms with E-state index in [4.69, 9.17) is 9.15 Å². The van der Waals surface area contributed by atoms with Gasteiger partial charge in [0.25, 0.3) is 0 Å². The third-order valence-corrected chi connectivity index (χ3v) is 5.54. The summed E-state index contributed by atoms with van der Waals surface area (Å²) in [6.45, 7) is 9.62. The van der Waals surface area contributed by atoms with Crippen LogP contribution in [-0.4, -0.2) is 29.3 Å². The van der Waals surface area contributed by atoms with Gasteiger partial charge in [-0.25, -0.2) is 4.79 Å². The van der Waals surface area contributed by atoms with Crippen molar-refractivity contribution in [3.05, 3.63) is 39.2 Å². The first-order valence-electron chi connectivity index (χ1n) is 9.79. The van der Waals surface area contributed by atoms with Gasteiger partial charge in [-0.2, -0.15) is 0 Å². The number of carbonyl (C=O) groups is 1. The Balaban J connectivity index is 1.95. The first-order valence-corrected chi connectivity index (χ1v) is 9.79. The molecule has 6 nitrogen and oxygen atoms in total. The predicted molar refractivity (Wildman–Crippen MR) is 108 cm³/mol. The number of nitrogens with one attached hydrogen (secondary N) is 1. The van der Waals surface area contributed by atoms with E-state index in [1.54, 1.807) is 6.07 Å². The van der Waals surface area contributed by atoms with Gasteiger partial charge < -0.3 is 19.6 Å². The Hall–Kier alpha value is -2.34. The van der Waals surface area contributed by atoms with Crippen molar-refractivity contribution >= 4 is 16.9 Å². The van der Waals surface area contributed by atoms with Crippen LogP contribution in [0.1, 0.15) is 50.8 Å². The van der Waals surface area contributed by atoms with E-state index in [2.05, 4.69) is 5.32 Å². The molecule has 1 aromatic carbocycles. The fourth-order valence-electron chi connectivity index (χ4n) is 3.58. The molecule has 0 spiro atoms. The van der Waals surface area contributed by atoms with Crippen LogP contribution in [0.4, 0.5) is 0 Å². The molecule has 1 atom stereocenters. The Labute approximate surface area is 164 Å².